The number of benzene rings is 1. The van der Waals surface area contributed by atoms with Crippen LogP contribution in [-0.2, 0) is 20.8 Å². The first-order valence-corrected chi connectivity index (χ1v) is 12.3. The summed E-state index contributed by atoms with van der Waals surface area (Å²) >= 11 is 0. The number of aliphatic carboxylic acids is 1. The molecule has 8 heteroatoms. The maximum absolute atomic E-state index is 13.7. The van der Waals surface area contributed by atoms with E-state index in [1.165, 1.54) is 0 Å². The molecule has 0 aromatic heterocycles. The number of alkyl halides is 3. The van der Waals surface area contributed by atoms with Crippen molar-refractivity contribution in [1.82, 2.24) is 0 Å². The van der Waals surface area contributed by atoms with Crippen LogP contribution >= 0.6 is 0 Å². The van der Waals surface area contributed by atoms with Gasteiger partial charge in [-0.3, -0.25) is 0 Å². The normalized spacial score (nSPS) is 21.1. The molecular weight excluding hydrogens is 459 g/mol. The highest BCUT2D eigenvalue weighted by Crippen LogP contribution is 2.49. The lowest BCUT2D eigenvalue weighted by Crippen LogP contribution is -2.36. The van der Waals surface area contributed by atoms with E-state index < -0.39 is 35.8 Å². The van der Waals surface area contributed by atoms with Crippen LogP contribution in [0, 0.1) is 17.8 Å². The minimum Gasteiger partial charge on any atom is -0.478 e. The van der Waals surface area contributed by atoms with Crippen LogP contribution in [0.2, 0.25) is 0 Å². The summed E-state index contributed by atoms with van der Waals surface area (Å²) in [5, 5.41) is 13.4. The van der Waals surface area contributed by atoms with E-state index in [0.29, 0.717) is 54.1 Å². The molecule has 35 heavy (non-hydrogen) atoms. The van der Waals surface area contributed by atoms with Crippen molar-refractivity contribution >= 4 is 11.7 Å². The second-order valence-electron chi connectivity index (χ2n) is 9.70. The number of rotatable bonds is 10. The maximum atomic E-state index is 13.7. The summed E-state index contributed by atoms with van der Waals surface area (Å²) < 4.78 is 47.4. The largest absolute Gasteiger partial charge is 0.478 e. The molecule has 0 saturated heterocycles. The van der Waals surface area contributed by atoms with Crippen LogP contribution in [0.1, 0.15) is 77.5 Å². The average molecular weight is 494 g/mol. The van der Waals surface area contributed by atoms with Crippen molar-refractivity contribution in [3.8, 4) is 0 Å². The van der Waals surface area contributed by atoms with Gasteiger partial charge in [0.1, 0.15) is 5.76 Å². The average Bonchev–Trinajstić information content (AvgIpc) is 3.23. The Balaban J connectivity index is 2.05. The van der Waals surface area contributed by atoms with Crippen LogP contribution in [0.3, 0.4) is 0 Å². The summed E-state index contributed by atoms with van der Waals surface area (Å²) in [6, 6.07) is 7.28. The van der Waals surface area contributed by atoms with Crippen LogP contribution in [0.25, 0.3) is 0 Å². The molecule has 1 aliphatic heterocycles. The fourth-order valence-corrected chi connectivity index (χ4v) is 4.91. The smallest absolute Gasteiger partial charge is 0.433 e. The molecule has 1 N–H and O–H groups in total. The van der Waals surface area contributed by atoms with Crippen LogP contribution in [0.5, 0.6) is 0 Å². The molecule has 5 nitrogen and oxygen atoms in total. The molecule has 0 saturated carbocycles. The van der Waals surface area contributed by atoms with Gasteiger partial charge in [-0.1, -0.05) is 76.9 Å². The topological polar surface area (TPSA) is 68.1 Å². The molecule has 0 amide bonds. The van der Waals surface area contributed by atoms with Gasteiger partial charge in [-0.15, -0.1) is 0 Å². The number of ether oxygens (including phenoxy) is 1. The maximum Gasteiger partial charge on any atom is 0.433 e. The van der Waals surface area contributed by atoms with E-state index in [-0.39, 0.29) is 5.76 Å². The van der Waals surface area contributed by atoms with Gasteiger partial charge in [0.15, 0.2) is 11.5 Å². The van der Waals surface area contributed by atoms with Crippen LogP contribution < -0.4 is 0 Å². The molecule has 0 radical (unpaired) electrons. The molecule has 0 bridgehead atoms. The lowest BCUT2D eigenvalue weighted by molar-refractivity contribution is -0.148. The second kappa shape index (κ2) is 10.9. The highest BCUT2D eigenvalue weighted by molar-refractivity contribution is 5.95. The highest BCUT2D eigenvalue weighted by atomic mass is 19.4. The fraction of sp³-hybridized carbons (Fsp3) is 0.556. The first kappa shape index (κ1) is 26.8. The quantitative estimate of drug-likeness (QED) is 0.370. The van der Waals surface area contributed by atoms with Crippen molar-refractivity contribution in [2.45, 2.75) is 79.0 Å². The van der Waals surface area contributed by atoms with Crippen LogP contribution in [-0.4, -0.2) is 23.0 Å². The summed E-state index contributed by atoms with van der Waals surface area (Å²) in [5.41, 5.74) is 1.78. The lowest BCUT2D eigenvalue weighted by atomic mass is 9.74. The van der Waals surface area contributed by atoms with Gasteiger partial charge in [-0.25, -0.2) is 4.79 Å². The number of hydrogen-bond donors (Lipinski definition) is 1. The summed E-state index contributed by atoms with van der Waals surface area (Å²) in [4.78, 5) is 17.6. The van der Waals surface area contributed by atoms with E-state index in [9.17, 15) is 23.1 Å². The Morgan fingerprint density at radius 2 is 1.77 bits per heavy atom. The van der Waals surface area contributed by atoms with E-state index in [4.69, 9.17) is 9.57 Å². The summed E-state index contributed by atoms with van der Waals surface area (Å²) in [5.74, 6) is -1.89. The van der Waals surface area contributed by atoms with Crippen molar-refractivity contribution in [2.75, 3.05) is 0 Å². The Labute approximate surface area is 204 Å². The molecule has 1 aliphatic carbocycles. The predicted molar refractivity (Wildman–Crippen MR) is 128 cm³/mol. The summed E-state index contributed by atoms with van der Waals surface area (Å²) in [6.45, 7) is 9.76. The Morgan fingerprint density at radius 3 is 2.29 bits per heavy atom. The monoisotopic (exact) mass is 493 g/mol. The molecule has 1 aromatic rings. The van der Waals surface area contributed by atoms with E-state index in [2.05, 4.69) is 19.0 Å². The van der Waals surface area contributed by atoms with Gasteiger partial charge < -0.3 is 14.7 Å². The number of halogens is 3. The standard InChI is InChI=1S/C27H34F3NO4/c1-6-8-19-16(5)21-24(35-31-25(21)27(28,29)30)20(9-7-2)23(19)34-22(26(32)33)18-12-10-17(11-13-18)14-15(3)4/h10-13,15-16,21-22H,6-9,14H2,1-5H3,(H,32,33). The number of carbonyl (C=O) groups is 1. The molecule has 0 spiro atoms. The van der Waals surface area contributed by atoms with Crippen molar-refractivity contribution in [1.29, 1.82) is 0 Å². The van der Waals surface area contributed by atoms with E-state index in [1.807, 2.05) is 26.0 Å². The second-order valence-corrected chi connectivity index (χ2v) is 9.70. The third kappa shape index (κ3) is 5.73. The molecule has 1 heterocycles. The Bertz CT molecular complexity index is 1020. The molecule has 3 atom stereocenters. The zero-order valence-corrected chi connectivity index (χ0v) is 20.9. The SMILES string of the molecule is CCCC1=C2ON=C(C(F)(F)F)C2C(C)C(CCC)=C1OC(C(=O)O)c1ccc(CC(C)C)cc1. The van der Waals surface area contributed by atoms with Crippen LogP contribution in [0.15, 0.2) is 52.1 Å². The summed E-state index contributed by atoms with van der Waals surface area (Å²) in [7, 11) is 0. The van der Waals surface area contributed by atoms with Gasteiger partial charge in [0, 0.05) is 11.1 Å². The van der Waals surface area contributed by atoms with Crippen molar-refractivity contribution < 1.29 is 32.6 Å². The van der Waals surface area contributed by atoms with Gasteiger partial charge in [0.25, 0.3) is 0 Å². The van der Waals surface area contributed by atoms with E-state index >= 15 is 0 Å². The zero-order chi connectivity index (χ0) is 25.9. The molecule has 3 rings (SSSR count). The Hall–Kier alpha value is -2.77. The van der Waals surface area contributed by atoms with Gasteiger partial charge in [-0.05, 0) is 42.2 Å². The first-order valence-electron chi connectivity index (χ1n) is 12.3. The van der Waals surface area contributed by atoms with Crippen molar-refractivity contribution in [2.24, 2.45) is 22.9 Å². The molecule has 2 aliphatic rings. The highest BCUT2D eigenvalue weighted by Gasteiger charge is 2.53. The predicted octanol–water partition coefficient (Wildman–Crippen LogP) is 7.35. The third-order valence-corrected chi connectivity index (χ3v) is 6.43. The fourth-order valence-electron chi connectivity index (χ4n) is 4.91. The zero-order valence-electron chi connectivity index (χ0n) is 20.9. The molecule has 1 aromatic carbocycles. The number of carboxylic acid groups (broad SMARTS) is 1. The number of carboxylic acids is 1. The van der Waals surface area contributed by atoms with Gasteiger partial charge in [-0.2, -0.15) is 13.2 Å². The van der Waals surface area contributed by atoms with Gasteiger partial charge in [0.2, 0.25) is 6.10 Å². The molecule has 0 fully saturated rings. The van der Waals surface area contributed by atoms with E-state index in [0.717, 1.165) is 12.0 Å². The van der Waals surface area contributed by atoms with Gasteiger partial charge >= 0.3 is 12.1 Å². The Morgan fingerprint density at radius 1 is 1.14 bits per heavy atom. The minimum atomic E-state index is -4.62. The third-order valence-electron chi connectivity index (χ3n) is 6.43. The first-order chi connectivity index (χ1) is 16.5. The molecule has 3 unspecified atom stereocenters. The molecule has 192 valence electrons. The van der Waals surface area contributed by atoms with Crippen molar-refractivity contribution in [3.05, 3.63) is 58.1 Å². The number of hydrogen-bond acceptors (Lipinski definition) is 4. The van der Waals surface area contributed by atoms with Crippen LogP contribution in [0.4, 0.5) is 13.2 Å². The number of allylic oxidation sites excluding steroid dienone is 3. The summed E-state index contributed by atoms with van der Waals surface area (Å²) in [6.07, 6.45) is -2.87. The van der Waals surface area contributed by atoms with Gasteiger partial charge in [0.05, 0.1) is 5.92 Å². The van der Waals surface area contributed by atoms with E-state index in [1.54, 1.807) is 19.1 Å². The lowest BCUT2D eigenvalue weighted by Gasteiger charge is -2.34. The number of nitrogens with zero attached hydrogens (tertiary/aromatic N) is 1. The number of oxime groups is 1. The Kier molecular flexibility index (Phi) is 8.34. The number of fused-ring (bicyclic) bond motifs is 1. The minimum absolute atomic E-state index is 0.123. The van der Waals surface area contributed by atoms with Crippen molar-refractivity contribution in [3.63, 3.8) is 0 Å². The molecular formula is C27H34F3NO4.